The molecule has 2 heterocycles. The number of nitrogens with zero attached hydrogens (tertiary/aromatic N) is 2. The van der Waals surface area contributed by atoms with Gasteiger partial charge in [-0.2, -0.15) is 16.9 Å². The van der Waals surface area contributed by atoms with Gasteiger partial charge in [-0.05, 0) is 23.3 Å². The van der Waals surface area contributed by atoms with Gasteiger partial charge in [0.25, 0.3) is 0 Å². The number of hydrogen-bond donors (Lipinski definition) is 2. The van der Waals surface area contributed by atoms with Crippen LogP contribution in [0.15, 0.2) is 54.6 Å². The first-order chi connectivity index (χ1) is 15.6. The highest BCUT2D eigenvalue weighted by molar-refractivity contribution is 7.99. The Morgan fingerprint density at radius 1 is 1.03 bits per heavy atom. The molecule has 1 aliphatic rings. The van der Waals surface area contributed by atoms with Gasteiger partial charge in [-0.3, -0.25) is 9.59 Å². The molecular weight excluding hydrogens is 447 g/mol. The molecule has 32 heavy (non-hydrogen) atoms. The van der Waals surface area contributed by atoms with Crippen LogP contribution in [0.3, 0.4) is 0 Å². The molecule has 1 aromatic heterocycles. The van der Waals surface area contributed by atoms with E-state index in [1.54, 1.807) is 40.3 Å². The first-order valence-electron chi connectivity index (χ1n) is 10.2. The zero-order chi connectivity index (χ0) is 22.3. The number of fused-ring (bicyclic) bond motifs is 1. The van der Waals surface area contributed by atoms with Crippen molar-refractivity contribution >= 4 is 41.2 Å². The summed E-state index contributed by atoms with van der Waals surface area (Å²) in [7, 11) is 0. The van der Waals surface area contributed by atoms with Gasteiger partial charge >= 0.3 is 0 Å². The van der Waals surface area contributed by atoms with Crippen LogP contribution < -0.4 is 10.6 Å². The Kier molecular flexibility index (Phi) is 7.49. The molecule has 0 bridgehead atoms. The molecule has 6 nitrogen and oxygen atoms in total. The molecule has 0 atom stereocenters. The summed E-state index contributed by atoms with van der Waals surface area (Å²) in [5, 5.41) is 10.3. The highest BCUT2D eigenvalue weighted by Gasteiger charge is 2.24. The number of nitrogens with one attached hydrogen (secondary N) is 2. The molecule has 0 fully saturated rings. The lowest BCUT2D eigenvalue weighted by Crippen LogP contribution is -2.29. The van der Waals surface area contributed by atoms with E-state index in [-0.39, 0.29) is 24.2 Å². The summed E-state index contributed by atoms with van der Waals surface area (Å²) >= 11 is 3.28. The molecule has 0 spiro atoms. The number of carbonyl (C=O) groups excluding carboxylic acids is 2. The van der Waals surface area contributed by atoms with Crippen LogP contribution in [0.25, 0.3) is 0 Å². The third kappa shape index (κ3) is 5.92. The molecule has 1 aliphatic heterocycles. The Labute approximate surface area is 194 Å². The fourth-order valence-electron chi connectivity index (χ4n) is 3.32. The van der Waals surface area contributed by atoms with Crippen molar-refractivity contribution in [2.75, 3.05) is 11.1 Å². The number of thioether (sulfide) groups is 2. The molecule has 166 valence electrons. The second-order valence-corrected chi connectivity index (χ2v) is 9.33. The van der Waals surface area contributed by atoms with E-state index in [2.05, 4.69) is 15.7 Å². The number of hydrogen-bond acceptors (Lipinski definition) is 5. The smallest absolute Gasteiger partial charge is 0.242 e. The molecule has 2 N–H and O–H groups in total. The SMILES string of the molecule is O=C(Cn1nc2c(c1NC(=O)CSCc1ccccc1)CSC2)NCc1ccc(F)cc1. The largest absolute Gasteiger partial charge is 0.350 e. The second-order valence-electron chi connectivity index (χ2n) is 7.35. The predicted molar refractivity (Wildman–Crippen MR) is 127 cm³/mol. The van der Waals surface area contributed by atoms with Crippen LogP contribution in [0.1, 0.15) is 22.4 Å². The van der Waals surface area contributed by atoms with Crippen molar-refractivity contribution in [1.29, 1.82) is 0 Å². The molecule has 0 aliphatic carbocycles. The monoisotopic (exact) mass is 470 g/mol. The minimum atomic E-state index is -0.314. The van der Waals surface area contributed by atoms with Crippen LogP contribution in [-0.4, -0.2) is 27.3 Å². The third-order valence-corrected chi connectivity index (χ3v) is 6.89. The van der Waals surface area contributed by atoms with Gasteiger partial charge in [0.2, 0.25) is 11.8 Å². The van der Waals surface area contributed by atoms with Crippen LogP contribution in [0, 0.1) is 5.82 Å². The lowest BCUT2D eigenvalue weighted by Gasteiger charge is -2.11. The molecule has 0 unspecified atom stereocenters. The van der Waals surface area contributed by atoms with Crippen molar-refractivity contribution < 1.29 is 14.0 Å². The minimum absolute atomic E-state index is 0.00559. The zero-order valence-electron chi connectivity index (χ0n) is 17.3. The van der Waals surface area contributed by atoms with Gasteiger partial charge in [0.05, 0.1) is 11.4 Å². The van der Waals surface area contributed by atoms with E-state index < -0.39 is 0 Å². The molecule has 2 aromatic carbocycles. The van der Waals surface area contributed by atoms with Crippen molar-refractivity contribution in [2.24, 2.45) is 0 Å². The van der Waals surface area contributed by atoms with Crippen LogP contribution in [0.5, 0.6) is 0 Å². The van der Waals surface area contributed by atoms with Crippen LogP contribution >= 0.6 is 23.5 Å². The van der Waals surface area contributed by atoms with E-state index in [1.807, 2.05) is 30.3 Å². The zero-order valence-corrected chi connectivity index (χ0v) is 19.0. The maximum atomic E-state index is 13.0. The average molecular weight is 471 g/mol. The van der Waals surface area contributed by atoms with E-state index in [0.717, 1.165) is 34.1 Å². The quantitative estimate of drug-likeness (QED) is 0.495. The van der Waals surface area contributed by atoms with Crippen LogP contribution in [0.4, 0.5) is 10.2 Å². The first kappa shape index (κ1) is 22.4. The van der Waals surface area contributed by atoms with E-state index in [9.17, 15) is 14.0 Å². The number of amides is 2. The van der Waals surface area contributed by atoms with E-state index >= 15 is 0 Å². The van der Waals surface area contributed by atoms with Gasteiger partial charge in [-0.15, -0.1) is 11.8 Å². The third-order valence-electron chi connectivity index (χ3n) is 4.92. The first-order valence-corrected chi connectivity index (χ1v) is 12.5. The van der Waals surface area contributed by atoms with Crippen LogP contribution in [-0.2, 0) is 39.9 Å². The predicted octanol–water partition coefficient (Wildman–Crippen LogP) is 3.96. The van der Waals surface area contributed by atoms with E-state index in [4.69, 9.17) is 0 Å². The Morgan fingerprint density at radius 3 is 2.59 bits per heavy atom. The molecular formula is C23H23FN4O2S2. The van der Waals surface area contributed by atoms with Gasteiger partial charge in [-0.1, -0.05) is 42.5 Å². The molecule has 2 amide bonds. The molecule has 4 rings (SSSR count). The number of benzene rings is 2. The number of anilines is 1. The summed E-state index contributed by atoms with van der Waals surface area (Å²) in [6.07, 6.45) is 0. The lowest BCUT2D eigenvalue weighted by molar-refractivity contribution is -0.122. The summed E-state index contributed by atoms with van der Waals surface area (Å²) in [4.78, 5) is 25.0. The topological polar surface area (TPSA) is 76.0 Å². The summed E-state index contributed by atoms with van der Waals surface area (Å²) in [6.45, 7) is 0.305. The van der Waals surface area contributed by atoms with Gasteiger partial charge < -0.3 is 10.6 Å². The molecule has 0 saturated carbocycles. The Morgan fingerprint density at radius 2 is 1.81 bits per heavy atom. The number of rotatable bonds is 9. The number of halogens is 1. The number of carbonyl (C=O) groups is 2. The summed E-state index contributed by atoms with van der Waals surface area (Å²) in [5.74, 6) is 2.56. The fourth-order valence-corrected chi connectivity index (χ4v) is 5.14. The molecule has 0 radical (unpaired) electrons. The van der Waals surface area contributed by atoms with Gasteiger partial charge in [-0.25, -0.2) is 9.07 Å². The van der Waals surface area contributed by atoms with Crippen molar-refractivity contribution in [1.82, 2.24) is 15.1 Å². The molecule has 0 saturated heterocycles. The van der Waals surface area contributed by atoms with Crippen molar-refractivity contribution in [3.63, 3.8) is 0 Å². The standard InChI is InChI=1S/C23H23FN4O2S2/c24-18-8-6-16(7-9-18)10-25-21(29)11-28-23(19-13-32-14-20(19)27-28)26-22(30)15-31-12-17-4-2-1-3-5-17/h1-9H,10-15H2,(H,25,29)(H,26,30). The maximum absolute atomic E-state index is 13.0. The summed E-state index contributed by atoms with van der Waals surface area (Å²) in [6, 6.07) is 16.0. The number of aromatic nitrogens is 2. The second kappa shape index (κ2) is 10.7. The normalized spacial score (nSPS) is 12.4. The Hall–Kier alpha value is -2.78. The maximum Gasteiger partial charge on any atom is 0.242 e. The highest BCUT2D eigenvalue weighted by Crippen LogP contribution is 2.34. The van der Waals surface area contributed by atoms with E-state index in [0.29, 0.717) is 18.1 Å². The van der Waals surface area contributed by atoms with Crippen molar-refractivity contribution in [3.8, 4) is 0 Å². The highest BCUT2D eigenvalue weighted by atomic mass is 32.2. The van der Waals surface area contributed by atoms with Crippen molar-refractivity contribution in [2.45, 2.75) is 30.3 Å². The lowest BCUT2D eigenvalue weighted by atomic mass is 10.2. The fraction of sp³-hybridized carbons (Fsp3) is 0.261. The summed E-state index contributed by atoms with van der Waals surface area (Å²) < 4.78 is 14.6. The van der Waals surface area contributed by atoms with E-state index in [1.165, 1.54) is 17.7 Å². The van der Waals surface area contributed by atoms with Gasteiger partial charge in [0.15, 0.2) is 0 Å². The Bertz CT molecular complexity index is 1090. The minimum Gasteiger partial charge on any atom is -0.350 e. The molecule has 9 heteroatoms. The van der Waals surface area contributed by atoms with Crippen LogP contribution in [0.2, 0.25) is 0 Å². The summed E-state index contributed by atoms with van der Waals surface area (Å²) in [5.41, 5.74) is 3.88. The van der Waals surface area contributed by atoms with Gasteiger partial charge in [0.1, 0.15) is 18.2 Å². The van der Waals surface area contributed by atoms with Crippen molar-refractivity contribution in [3.05, 3.63) is 82.8 Å². The molecule has 3 aromatic rings. The Balaban J connectivity index is 1.34. The average Bonchev–Trinajstić information content (AvgIpc) is 3.37. The van der Waals surface area contributed by atoms with Gasteiger partial charge in [0, 0.05) is 29.4 Å².